The maximum atomic E-state index is 12.9. The van der Waals surface area contributed by atoms with Gasteiger partial charge in [0.2, 0.25) is 21.8 Å². The number of sulfonamides is 1. The number of para-hydroxylation sites is 1. The fourth-order valence-electron chi connectivity index (χ4n) is 3.31. The van der Waals surface area contributed by atoms with Crippen LogP contribution >= 0.6 is 0 Å². The molecule has 1 aliphatic rings. The molecule has 0 unspecified atom stereocenters. The second kappa shape index (κ2) is 10.0. The van der Waals surface area contributed by atoms with Gasteiger partial charge in [0, 0.05) is 38.3 Å². The summed E-state index contributed by atoms with van der Waals surface area (Å²) in [5.41, 5.74) is 1.29. The molecule has 1 aliphatic heterocycles. The maximum Gasteiger partial charge on any atom is 0.243 e. The second-order valence-corrected chi connectivity index (χ2v) is 9.36. The molecule has 0 fully saturated rings. The number of benzene rings is 2. The van der Waals surface area contributed by atoms with Crippen LogP contribution in [0.4, 0.5) is 5.69 Å². The molecular formula is C22H27N3O6S. The van der Waals surface area contributed by atoms with E-state index in [4.69, 9.17) is 9.47 Å². The highest BCUT2D eigenvalue weighted by molar-refractivity contribution is 7.89. The third-order valence-electron chi connectivity index (χ3n) is 4.98. The Kier molecular flexibility index (Phi) is 7.37. The van der Waals surface area contributed by atoms with Gasteiger partial charge in [0.15, 0.2) is 11.5 Å². The summed E-state index contributed by atoms with van der Waals surface area (Å²) in [5, 5.41) is 2.58. The van der Waals surface area contributed by atoms with Crippen LogP contribution in [0.3, 0.4) is 0 Å². The van der Waals surface area contributed by atoms with E-state index < -0.39 is 10.0 Å². The van der Waals surface area contributed by atoms with E-state index in [1.165, 1.54) is 38.2 Å². The number of rotatable bonds is 8. The highest BCUT2D eigenvalue weighted by Crippen LogP contribution is 2.34. The zero-order valence-corrected chi connectivity index (χ0v) is 19.1. The van der Waals surface area contributed by atoms with Gasteiger partial charge >= 0.3 is 0 Å². The van der Waals surface area contributed by atoms with Gasteiger partial charge in [-0.05, 0) is 37.3 Å². The van der Waals surface area contributed by atoms with Crippen LogP contribution in [0, 0.1) is 0 Å². The van der Waals surface area contributed by atoms with Crippen molar-refractivity contribution < 1.29 is 27.5 Å². The molecule has 1 N–H and O–H groups in total. The van der Waals surface area contributed by atoms with Gasteiger partial charge in [-0.2, -0.15) is 4.31 Å². The highest BCUT2D eigenvalue weighted by Gasteiger charge is 2.26. The van der Waals surface area contributed by atoms with E-state index in [1.807, 2.05) is 25.1 Å². The van der Waals surface area contributed by atoms with Gasteiger partial charge in [0.1, 0.15) is 13.2 Å². The summed E-state index contributed by atoms with van der Waals surface area (Å²) in [7, 11) is -2.51. The Hall–Kier alpha value is -3.11. The van der Waals surface area contributed by atoms with Crippen molar-refractivity contribution in [1.82, 2.24) is 9.21 Å². The largest absolute Gasteiger partial charge is 0.486 e. The molecule has 0 atom stereocenters. The first-order chi connectivity index (χ1) is 15.2. The standard InChI is InChI=1S/C22H27N3O6S/c1-4-25(14-17-6-5-7-20-22(17)31-13-12-30-20)21(27)15-24(3)32(28,29)19-10-8-18(9-11-19)23-16(2)26/h5-11H,4,12-15H2,1-3H3,(H,23,26). The van der Waals surface area contributed by atoms with Crippen molar-refractivity contribution >= 4 is 27.5 Å². The van der Waals surface area contributed by atoms with E-state index in [2.05, 4.69) is 5.32 Å². The number of fused-ring (bicyclic) bond motifs is 1. The fourth-order valence-corrected chi connectivity index (χ4v) is 4.43. The van der Waals surface area contributed by atoms with E-state index in [1.54, 1.807) is 4.90 Å². The molecular weight excluding hydrogens is 434 g/mol. The number of nitrogens with zero attached hydrogens (tertiary/aromatic N) is 2. The van der Waals surface area contributed by atoms with Gasteiger partial charge in [-0.1, -0.05) is 12.1 Å². The zero-order valence-electron chi connectivity index (χ0n) is 18.3. The molecule has 172 valence electrons. The van der Waals surface area contributed by atoms with Crippen LogP contribution in [0.15, 0.2) is 47.4 Å². The molecule has 2 amide bonds. The Labute approximate surface area is 188 Å². The minimum atomic E-state index is -3.88. The maximum absolute atomic E-state index is 12.9. The summed E-state index contributed by atoms with van der Waals surface area (Å²) in [6.45, 7) is 4.49. The molecule has 0 saturated heterocycles. The van der Waals surface area contributed by atoms with Gasteiger partial charge < -0.3 is 19.7 Å². The van der Waals surface area contributed by atoms with Gasteiger partial charge in [-0.25, -0.2) is 8.42 Å². The SMILES string of the molecule is CCN(Cc1cccc2c1OCCO2)C(=O)CN(C)S(=O)(=O)c1ccc(NC(C)=O)cc1. The number of hydrogen-bond donors (Lipinski definition) is 1. The van der Waals surface area contributed by atoms with Crippen LogP contribution in [-0.4, -0.2) is 62.8 Å². The monoisotopic (exact) mass is 461 g/mol. The molecule has 0 saturated carbocycles. The lowest BCUT2D eigenvalue weighted by atomic mass is 10.1. The van der Waals surface area contributed by atoms with E-state index in [9.17, 15) is 18.0 Å². The van der Waals surface area contributed by atoms with Crippen LogP contribution < -0.4 is 14.8 Å². The first-order valence-corrected chi connectivity index (χ1v) is 11.7. The summed E-state index contributed by atoms with van der Waals surface area (Å²) in [5.74, 6) is 0.673. The van der Waals surface area contributed by atoms with Crippen molar-refractivity contribution in [2.45, 2.75) is 25.3 Å². The van der Waals surface area contributed by atoms with Crippen LogP contribution in [0.2, 0.25) is 0 Å². The number of ether oxygens (including phenoxy) is 2. The molecule has 3 rings (SSSR count). The minimum Gasteiger partial charge on any atom is -0.486 e. The highest BCUT2D eigenvalue weighted by atomic mass is 32.2. The fraction of sp³-hybridized carbons (Fsp3) is 0.364. The third-order valence-corrected chi connectivity index (χ3v) is 6.80. The Morgan fingerprint density at radius 1 is 1.06 bits per heavy atom. The zero-order chi connectivity index (χ0) is 23.3. The van der Waals surface area contributed by atoms with Crippen molar-refractivity contribution in [2.24, 2.45) is 0 Å². The normalized spacial score (nSPS) is 13.0. The van der Waals surface area contributed by atoms with E-state index in [0.717, 1.165) is 9.87 Å². The third kappa shape index (κ3) is 5.38. The van der Waals surface area contributed by atoms with Gasteiger partial charge in [0.05, 0.1) is 11.4 Å². The Morgan fingerprint density at radius 3 is 2.41 bits per heavy atom. The number of carbonyl (C=O) groups is 2. The molecule has 1 heterocycles. The quantitative estimate of drug-likeness (QED) is 0.645. The van der Waals surface area contributed by atoms with Crippen LogP contribution in [0.5, 0.6) is 11.5 Å². The molecule has 0 aliphatic carbocycles. The predicted molar refractivity (Wildman–Crippen MR) is 119 cm³/mol. The van der Waals surface area contributed by atoms with Gasteiger partial charge in [-0.15, -0.1) is 0 Å². The molecule has 2 aromatic rings. The average molecular weight is 462 g/mol. The van der Waals surface area contributed by atoms with Crippen molar-refractivity contribution in [3.63, 3.8) is 0 Å². The number of nitrogens with one attached hydrogen (secondary N) is 1. The second-order valence-electron chi connectivity index (χ2n) is 7.32. The Balaban J connectivity index is 1.70. The molecule has 32 heavy (non-hydrogen) atoms. The first kappa shape index (κ1) is 23.6. The predicted octanol–water partition coefficient (Wildman–Crippen LogP) is 2.09. The van der Waals surface area contributed by atoms with Crippen molar-refractivity contribution in [3.05, 3.63) is 48.0 Å². The van der Waals surface area contributed by atoms with Crippen LogP contribution in [0.1, 0.15) is 19.4 Å². The average Bonchev–Trinajstić information content (AvgIpc) is 2.77. The summed E-state index contributed by atoms with van der Waals surface area (Å²) >= 11 is 0. The van der Waals surface area contributed by atoms with Crippen molar-refractivity contribution in [3.8, 4) is 11.5 Å². The molecule has 0 radical (unpaired) electrons. The number of hydrogen-bond acceptors (Lipinski definition) is 6. The molecule has 0 aromatic heterocycles. The number of carbonyl (C=O) groups excluding carboxylic acids is 2. The Morgan fingerprint density at radius 2 is 1.75 bits per heavy atom. The summed E-state index contributed by atoms with van der Waals surface area (Å²) in [6.07, 6.45) is 0. The molecule has 2 aromatic carbocycles. The number of amides is 2. The summed E-state index contributed by atoms with van der Waals surface area (Å²) in [4.78, 5) is 25.6. The first-order valence-electron chi connectivity index (χ1n) is 10.2. The number of anilines is 1. The van der Waals surface area contributed by atoms with E-state index in [0.29, 0.717) is 36.9 Å². The lowest BCUT2D eigenvalue weighted by molar-refractivity contribution is -0.131. The lowest BCUT2D eigenvalue weighted by Gasteiger charge is -2.27. The van der Waals surface area contributed by atoms with Gasteiger partial charge in [0.25, 0.3) is 0 Å². The van der Waals surface area contributed by atoms with Crippen molar-refractivity contribution in [2.75, 3.05) is 38.7 Å². The van der Waals surface area contributed by atoms with Crippen molar-refractivity contribution in [1.29, 1.82) is 0 Å². The topological polar surface area (TPSA) is 105 Å². The molecule has 9 nitrogen and oxygen atoms in total. The Bertz CT molecular complexity index is 1090. The molecule has 10 heteroatoms. The smallest absolute Gasteiger partial charge is 0.243 e. The van der Waals surface area contributed by atoms with E-state index in [-0.39, 0.29) is 29.8 Å². The molecule has 0 bridgehead atoms. The minimum absolute atomic E-state index is 0.0348. The van der Waals surface area contributed by atoms with Crippen LogP contribution in [0.25, 0.3) is 0 Å². The summed E-state index contributed by atoms with van der Waals surface area (Å²) in [6, 6.07) is 11.3. The van der Waals surface area contributed by atoms with Crippen LogP contribution in [-0.2, 0) is 26.2 Å². The number of likely N-dealkylation sites (N-methyl/N-ethyl adjacent to an activating group) is 2. The summed E-state index contributed by atoms with van der Waals surface area (Å²) < 4.78 is 38.1. The van der Waals surface area contributed by atoms with E-state index >= 15 is 0 Å². The lowest BCUT2D eigenvalue weighted by Crippen LogP contribution is -2.40. The molecule has 0 spiro atoms. The van der Waals surface area contributed by atoms with Gasteiger partial charge in [-0.3, -0.25) is 9.59 Å².